The molecule has 0 aromatic heterocycles. The molecule has 3 nitrogen and oxygen atoms in total. The second-order valence-corrected chi connectivity index (χ2v) is 6.11. The lowest BCUT2D eigenvalue weighted by Gasteiger charge is -2.17. The van der Waals surface area contributed by atoms with Crippen molar-refractivity contribution in [1.82, 2.24) is 0 Å². The molecule has 2 unspecified atom stereocenters. The van der Waals surface area contributed by atoms with Crippen molar-refractivity contribution in [3.63, 3.8) is 0 Å². The van der Waals surface area contributed by atoms with Gasteiger partial charge in [0.1, 0.15) is 0 Å². The van der Waals surface area contributed by atoms with Crippen molar-refractivity contribution < 1.29 is 13.0 Å². The predicted molar refractivity (Wildman–Crippen MR) is 68.1 cm³/mol. The highest BCUT2D eigenvalue weighted by Crippen LogP contribution is 2.20. The fraction of sp³-hybridized carbons (Fsp3) is 0.833. The van der Waals surface area contributed by atoms with E-state index in [0.29, 0.717) is 25.2 Å². The summed E-state index contributed by atoms with van der Waals surface area (Å²) in [6, 6.07) is 0. The molecule has 0 aliphatic heterocycles. The van der Waals surface area contributed by atoms with Crippen molar-refractivity contribution in [2.45, 2.75) is 58.1 Å². The lowest BCUT2D eigenvalue weighted by molar-refractivity contribution is 0.416. The third-order valence-corrected chi connectivity index (χ3v) is 4.03. The molecule has 0 saturated heterocycles. The highest BCUT2D eigenvalue weighted by Gasteiger charge is 2.24. The molecule has 0 aliphatic rings. The Kier molecular flexibility index (Phi) is 7.68. The number of hydrogen-bond acceptors (Lipinski definition) is 2. The molecule has 0 spiro atoms. The van der Waals surface area contributed by atoms with E-state index in [2.05, 4.69) is 6.92 Å². The Morgan fingerprint density at radius 2 is 1.94 bits per heavy atom. The van der Waals surface area contributed by atoms with Crippen LogP contribution in [0.1, 0.15) is 52.9 Å². The van der Waals surface area contributed by atoms with E-state index in [1.54, 1.807) is 0 Å². The molecule has 0 saturated carbocycles. The predicted octanol–water partition coefficient (Wildman–Crippen LogP) is 3.43. The van der Waals surface area contributed by atoms with E-state index >= 15 is 0 Å². The van der Waals surface area contributed by atoms with Crippen molar-refractivity contribution in [2.75, 3.05) is 0 Å². The minimum absolute atomic E-state index is 0.350. The van der Waals surface area contributed by atoms with E-state index in [0.717, 1.165) is 12.8 Å². The summed E-state index contributed by atoms with van der Waals surface area (Å²) in [5.74, 6) is 0.350. The summed E-state index contributed by atoms with van der Waals surface area (Å²) in [5.41, 5.74) is 0. The lowest BCUT2D eigenvalue weighted by Crippen LogP contribution is -2.23. The molecule has 0 aliphatic carbocycles. The Morgan fingerprint density at radius 1 is 1.31 bits per heavy atom. The summed E-state index contributed by atoms with van der Waals surface area (Å²) in [6.07, 6.45) is 7.67. The van der Waals surface area contributed by atoms with Gasteiger partial charge in [0.05, 0.1) is 5.25 Å². The van der Waals surface area contributed by atoms with Crippen molar-refractivity contribution in [3.8, 4) is 0 Å². The molecular formula is C12H24O3S. The van der Waals surface area contributed by atoms with Crippen LogP contribution in [0.4, 0.5) is 0 Å². The summed E-state index contributed by atoms with van der Waals surface area (Å²) in [7, 11) is -3.89. The SMILES string of the molecule is C/C=C\CCC(CC(C)CCC)S(=O)(=O)O. The third-order valence-electron chi connectivity index (χ3n) is 2.76. The van der Waals surface area contributed by atoms with Gasteiger partial charge in [-0.3, -0.25) is 4.55 Å². The minimum Gasteiger partial charge on any atom is -0.285 e. The molecule has 16 heavy (non-hydrogen) atoms. The normalized spacial score (nSPS) is 16.5. The van der Waals surface area contributed by atoms with Gasteiger partial charge in [-0.1, -0.05) is 38.8 Å². The van der Waals surface area contributed by atoms with E-state index in [4.69, 9.17) is 4.55 Å². The van der Waals surface area contributed by atoms with Gasteiger partial charge >= 0.3 is 0 Å². The Morgan fingerprint density at radius 3 is 2.38 bits per heavy atom. The van der Waals surface area contributed by atoms with Crippen molar-refractivity contribution in [3.05, 3.63) is 12.2 Å². The van der Waals surface area contributed by atoms with Crippen molar-refractivity contribution in [2.24, 2.45) is 5.92 Å². The van der Waals surface area contributed by atoms with Crippen LogP contribution in [-0.4, -0.2) is 18.2 Å². The molecule has 1 N–H and O–H groups in total. The zero-order valence-corrected chi connectivity index (χ0v) is 11.3. The third kappa shape index (κ3) is 7.01. The molecule has 0 fully saturated rings. The van der Waals surface area contributed by atoms with Crippen LogP contribution in [-0.2, 0) is 10.1 Å². The second kappa shape index (κ2) is 7.85. The van der Waals surface area contributed by atoms with Crippen LogP contribution in [0.25, 0.3) is 0 Å². The summed E-state index contributed by atoms with van der Waals surface area (Å²) in [6.45, 7) is 6.03. The first-order chi connectivity index (χ1) is 7.41. The van der Waals surface area contributed by atoms with Crippen LogP contribution >= 0.6 is 0 Å². The number of hydrogen-bond donors (Lipinski definition) is 1. The van der Waals surface area contributed by atoms with Crippen LogP contribution in [0.2, 0.25) is 0 Å². The number of rotatable bonds is 8. The molecule has 0 bridgehead atoms. The van der Waals surface area contributed by atoms with Crippen molar-refractivity contribution >= 4 is 10.1 Å². The maximum atomic E-state index is 11.2. The van der Waals surface area contributed by atoms with E-state index < -0.39 is 15.4 Å². The largest absolute Gasteiger partial charge is 0.285 e. The first kappa shape index (κ1) is 15.7. The quantitative estimate of drug-likeness (QED) is 0.529. The van der Waals surface area contributed by atoms with Crippen LogP contribution in [0.15, 0.2) is 12.2 Å². The monoisotopic (exact) mass is 248 g/mol. The maximum Gasteiger partial charge on any atom is 0.267 e. The van der Waals surface area contributed by atoms with Gasteiger partial charge in [-0.15, -0.1) is 0 Å². The molecule has 0 aromatic rings. The van der Waals surface area contributed by atoms with E-state index in [1.165, 1.54) is 0 Å². The van der Waals surface area contributed by atoms with E-state index in [1.807, 2.05) is 26.0 Å². The summed E-state index contributed by atoms with van der Waals surface area (Å²) < 4.78 is 31.5. The second-order valence-electron chi connectivity index (χ2n) is 4.41. The highest BCUT2D eigenvalue weighted by atomic mass is 32.2. The summed E-state index contributed by atoms with van der Waals surface area (Å²) in [5, 5.41) is -0.606. The topological polar surface area (TPSA) is 54.4 Å². The fourth-order valence-corrected chi connectivity index (χ4v) is 2.90. The van der Waals surface area contributed by atoms with Gasteiger partial charge in [-0.05, 0) is 32.1 Å². The zero-order chi connectivity index (χ0) is 12.6. The van der Waals surface area contributed by atoms with Crippen LogP contribution in [0.3, 0.4) is 0 Å². The molecule has 4 heteroatoms. The average molecular weight is 248 g/mol. The average Bonchev–Trinajstić information content (AvgIpc) is 2.15. The van der Waals surface area contributed by atoms with Gasteiger partial charge in [-0.2, -0.15) is 8.42 Å². The molecule has 96 valence electrons. The van der Waals surface area contributed by atoms with Gasteiger partial charge in [0.2, 0.25) is 0 Å². The minimum atomic E-state index is -3.89. The Labute approximate surface area is 99.7 Å². The molecule has 0 heterocycles. The highest BCUT2D eigenvalue weighted by molar-refractivity contribution is 7.86. The Balaban J connectivity index is 4.33. The van der Waals surface area contributed by atoms with Crippen molar-refractivity contribution in [1.29, 1.82) is 0 Å². The maximum absolute atomic E-state index is 11.2. The van der Waals surface area contributed by atoms with Crippen LogP contribution < -0.4 is 0 Å². The molecule has 0 rings (SSSR count). The van der Waals surface area contributed by atoms with Gasteiger partial charge in [0, 0.05) is 0 Å². The molecule has 0 radical (unpaired) electrons. The first-order valence-electron chi connectivity index (χ1n) is 5.99. The van der Waals surface area contributed by atoms with Gasteiger partial charge in [0.25, 0.3) is 10.1 Å². The van der Waals surface area contributed by atoms with E-state index in [-0.39, 0.29) is 0 Å². The molecule has 0 aromatic carbocycles. The Bertz CT molecular complexity index is 293. The van der Waals surface area contributed by atoms with Gasteiger partial charge in [0.15, 0.2) is 0 Å². The van der Waals surface area contributed by atoms with Gasteiger partial charge < -0.3 is 0 Å². The smallest absolute Gasteiger partial charge is 0.267 e. The van der Waals surface area contributed by atoms with Gasteiger partial charge in [-0.25, -0.2) is 0 Å². The fourth-order valence-electron chi connectivity index (χ4n) is 1.90. The zero-order valence-electron chi connectivity index (χ0n) is 10.5. The van der Waals surface area contributed by atoms with E-state index in [9.17, 15) is 8.42 Å². The lowest BCUT2D eigenvalue weighted by atomic mass is 9.98. The number of allylic oxidation sites excluding steroid dienone is 2. The Hall–Kier alpha value is -0.350. The molecular weight excluding hydrogens is 224 g/mol. The summed E-state index contributed by atoms with van der Waals surface area (Å²) >= 11 is 0. The molecule has 2 atom stereocenters. The molecule has 0 amide bonds. The van der Waals surface area contributed by atoms with Crippen LogP contribution in [0, 0.1) is 5.92 Å². The first-order valence-corrected chi connectivity index (χ1v) is 7.49. The summed E-state index contributed by atoms with van der Waals surface area (Å²) in [4.78, 5) is 0. The van der Waals surface area contributed by atoms with Crippen LogP contribution in [0.5, 0.6) is 0 Å². The standard InChI is InChI=1S/C12H24O3S/c1-4-6-7-9-12(16(13,14)15)10-11(3)8-5-2/h4,6,11-12H,5,7-10H2,1-3H3,(H,13,14,15)/b6-4-.